The molecular formula is C19H25BrO3. The Hall–Kier alpha value is -0.580. The maximum absolute atomic E-state index is 6.50. The number of benzene rings is 1. The molecular weight excluding hydrogens is 356 g/mol. The van der Waals surface area contributed by atoms with E-state index in [4.69, 9.17) is 14.2 Å². The normalized spacial score (nSPS) is 31.9. The predicted octanol–water partition coefficient (Wildman–Crippen LogP) is 5.30. The van der Waals surface area contributed by atoms with E-state index in [0.717, 1.165) is 48.9 Å². The number of rotatable bonds is 4. The van der Waals surface area contributed by atoms with Crippen LogP contribution in [0.3, 0.4) is 0 Å². The second-order valence-electron chi connectivity index (χ2n) is 7.06. The van der Waals surface area contributed by atoms with Gasteiger partial charge in [0.15, 0.2) is 0 Å². The van der Waals surface area contributed by atoms with E-state index in [1.54, 1.807) is 0 Å². The Morgan fingerprint density at radius 2 is 2.22 bits per heavy atom. The van der Waals surface area contributed by atoms with Gasteiger partial charge in [0.2, 0.25) is 5.79 Å². The first kappa shape index (κ1) is 15.9. The Labute approximate surface area is 146 Å². The van der Waals surface area contributed by atoms with Gasteiger partial charge >= 0.3 is 0 Å². The van der Waals surface area contributed by atoms with Crippen LogP contribution in [0.5, 0.6) is 5.75 Å². The molecule has 3 aliphatic rings. The molecule has 3 aliphatic heterocycles. The molecule has 0 aliphatic carbocycles. The average molecular weight is 381 g/mol. The van der Waals surface area contributed by atoms with E-state index in [1.165, 1.54) is 30.4 Å². The molecule has 0 saturated carbocycles. The van der Waals surface area contributed by atoms with Gasteiger partial charge in [-0.1, -0.05) is 32.3 Å². The van der Waals surface area contributed by atoms with Crippen molar-refractivity contribution in [3.63, 3.8) is 0 Å². The van der Waals surface area contributed by atoms with Gasteiger partial charge < -0.3 is 14.2 Å². The van der Waals surface area contributed by atoms with Crippen molar-refractivity contribution in [3.05, 3.63) is 27.7 Å². The first-order chi connectivity index (χ1) is 11.2. The SMILES string of the molecule is CCCCC[C@@H]1Cc2ccc(Br)c3c2[C@H](C[C@@]2(CCCO2)O3)O1. The second kappa shape index (κ2) is 6.38. The van der Waals surface area contributed by atoms with Gasteiger partial charge in [-0.05, 0) is 46.8 Å². The molecule has 3 atom stereocenters. The highest BCUT2D eigenvalue weighted by Gasteiger charge is 2.48. The predicted molar refractivity (Wildman–Crippen MR) is 92.8 cm³/mol. The number of ether oxygens (including phenoxy) is 3. The fourth-order valence-corrected chi connectivity index (χ4v) is 4.63. The molecule has 1 aromatic carbocycles. The maximum atomic E-state index is 6.50. The van der Waals surface area contributed by atoms with Gasteiger partial charge in [-0.2, -0.15) is 0 Å². The fraction of sp³-hybridized carbons (Fsp3) is 0.684. The summed E-state index contributed by atoms with van der Waals surface area (Å²) >= 11 is 3.66. The first-order valence-corrected chi connectivity index (χ1v) is 9.80. The highest BCUT2D eigenvalue weighted by Crippen LogP contribution is 2.52. The average Bonchev–Trinajstić information content (AvgIpc) is 2.98. The van der Waals surface area contributed by atoms with Crippen LogP contribution in [0.15, 0.2) is 16.6 Å². The largest absolute Gasteiger partial charge is 0.461 e. The van der Waals surface area contributed by atoms with E-state index in [9.17, 15) is 0 Å². The van der Waals surface area contributed by atoms with Gasteiger partial charge in [-0.3, -0.25) is 0 Å². The highest BCUT2D eigenvalue weighted by molar-refractivity contribution is 9.10. The molecule has 0 unspecified atom stereocenters. The van der Waals surface area contributed by atoms with Crippen molar-refractivity contribution in [1.82, 2.24) is 0 Å². The van der Waals surface area contributed by atoms with E-state index in [0.29, 0.717) is 6.10 Å². The van der Waals surface area contributed by atoms with E-state index < -0.39 is 5.79 Å². The van der Waals surface area contributed by atoms with E-state index >= 15 is 0 Å². The van der Waals surface area contributed by atoms with Crippen molar-refractivity contribution >= 4 is 15.9 Å². The second-order valence-corrected chi connectivity index (χ2v) is 7.92. The van der Waals surface area contributed by atoms with Gasteiger partial charge in [0, 0.05) is 18.4 Å². The molecule has 4 rings (SSSR count). The summed E-state index contributed by atoms with van der Waals surface area (Å²) in [4.78, 5) is 0. The van der Waals surface area contributed by atoms with Crippen LogP contribution in [-0.2, 0) is 15.9 Å². The molecule has 1 fully saturated rings. The third-order valence-electron chi connectivity index (χ3n) is 5.35. The molecule has 1 aromatic rings. The van der Waals surface area contributed by atoms with Crippen molar-refractivity contribution in [2.45, 2.75) is 76.3 Å². The summed E-state index contributed by atoms with van der Waals surface area (Å²) in [5.41, 5.74) is 2.65. The van der Waals surface area contributed by atoms with Gasteiger partial charge in [-0.15, -0.1) is 0 Å². The van der Waals surface area contributed by atoms with Crippen molar-refractivity contribution in [1.29, 1.82) is 0 Å². The zero-order chi connectivity index (χ0) is 15.9. The summed E-state index contributed by atoms with van der Waals surface area (Å²) in [5, 5.41) is 0. The molecule has 0 N–H and O–H groups in total. The smallest absolute Gasteiger partial charge is 0.213 e. The lowest BCUT2D eigenvalue weighted by atomic mass is 9.86. The van der Waals surface area contributed by atoms with Gasteiger partial charge in [-0.25, -0.2) is 0 Å². The molecule has 3 heterocycles. The molecule has 3 nitrogen and oxygen atoms in total. The van der Waals surface area contributed by atoms with Crippen LogP contribution in [0.25, 0.3) is 0 Å². The number of unbranched alkanes of at least 4 members (excludes halogenated alkanes) is 2. The number of hydrogen-bond acceptors (Lipinski definition) is 3. The quantitative estimate of drug-likeness (QED) is 0.663. The third-order valence-corrected chi connectivity index (χ3v) is 5.97. The Morgan fingerprint density at radius 3 is 3.00 bits per heavy atom. The Kier molecular flexibility index (Phi) is 4.41. The van der Waals surface area contributed by atoms with Crippen LogP contribution in [0, 0.1) is 0 Å². The van der Waals surface area contributed by atoms with Crippen molar-refractivity contribution in [2.24, 2.45) is 0 Å². The van der Waals surface area contributed by atoms with Gasteiger partial charge in [0.05, 0.1) is 23.3 Å². The number of hydrogen-bond donors (Lipinski definition) is 0. The minimum absolute atomic E-state index is 0.115. The summed E-state index contributed by atoms with van der Waals surface area (Å²) in [6.07, 6.45) is 9.28. The van der Waals surface area contributed by atoms with Crippen LogP contribution in [0.4, 0.5) is 0 Å². The molecule has 0 bridgehead atoms. The highest BCUT2D eigenvalue weighted by atomic mass is 79.9. The van der Waals surface area contributed by atoms with E-state index in [1.807, 2.05) is 0 Å². The Bertz CT molecular complexity index is 580. The molecule has 1 saturated heterocycles. The Morgan fingerprint density at radius 1 is 1.30 bits per heavy atom. The van der Waals surface area contributed by atoms with Crippen LogP contribution >= 0.6 is 15.9 Å². The monoisotopic (exact) mass is 380 g/mol. The van der Waals surface area contributed by atoms with Crippen molar-refractivity contribution in [3.8, 4) is 5.75 Å². The minimum Gasteiger partial charge on any atom is -0.461 e. The molecule has 4 heteroatoms. The molecule has 126 valence electrons. The van der Waals surface area contributed by atoms with Crippen LogP contribution < -0.4 is 4.74 Å². The lowest BCUT2D eigenvalue weighted by Gasteiger charge is -2.43. The zero-order valence-electron chi connectivity index (χ0n) is 13.8. The van der Waals surface area contributed by atoms with E-state index in [2.05, 4.69) is 35.0 Å². The minimum atomic E-state index is -0.468. The van der Waals surface area contributed by atoms with Crippen molar-refractivity contribution < 1.29 is 14.2 Å². The standard InChI is InChI=1S/C19H25BrO3/c1-2-3-4-6-14-11-13-7-8-15(20)18-17(13)16(22-14)12-19(23-18)9-5-10-21-19/h7-8,14,16H,2-6,9-12H2,1H3/t14-,16+,19-/m1/s1. The Balaban J connectivity index is 1.63. The lowest BCUT2D eigenvalue weighted by molar-refractivity contribution is -0.197. The van der Waals surface area contributed by atoms with Gasteiger partial charge in [0.1, 0.15) is 5.75 Å². The lowest BCUT2D eigenvalue weighted by Crippen LogP contribution is -2.43. The van der Waals surface area contributed by atoms with Crippen LogP contribution in [-0.4, -0.2) is 18.5 Å². The molecule has 0 amide bonds. The number of halogens is 1. The summed E-state index contributed by atoms with van der Waals surface area (Å²) in [6.45, 7) is 3.04. The first-order valence-electron chi connectivity index (χ1n) is 9.00. The fourth-order valence-electron chi connectivity index (χ4n) is 4.21. The summed E-state index contributed by atoms with van der Waals surface area (Å²) in [7, 11) is 0. The molecule has 0 radical (unpaired) electrons. The summed E-state index contributed by atoms with van der Waals surface area (Å²) in [5.74, 6) is 0.483. The molecule has 23 heavy (non-hydrogen) atoms. The summed E-state index contributed by atoms with van der Waals surface area (Å²) < 4.78 is 19.9. The van der Waals surface area contributed by atoms with Crippen LogP contribution in [0.2, 0.25) is 0 Å². The third kappa shape index (κ3) is 2.94. The van der Waals surface area contributed by atoms with E-state index in [-0.39, 0.29) is 6.10 Å². The zero-order valence-corrected chi connectivity index (χ0v) is 15.4. The molecule has 0 aromatic heterocycles. The van der Waals surface area contributed by atoms with Gasteiger partial charge in [0.25, 0.3) is 0 Å². The maximum Gasteiger partial charge on any atom is 0.213 e. The topological polar surface area (TPSA) is 27.7 Å². The summed E-state index contributed by atoms with van der Waals surface area (Å²) in [6, 6.07) is 4.36. The van der Waals surface area contributed by atoms with Crippen molar-refractivity contribution in [2.75, 3.05) is 6.61 Å². The molecule has 1 spiro atoms. The van der Waals surface area contributed by atoms with Crippen LogP contribution in [0.1, 0.15) is 69.1 Å².